The number of nitrogens with zero attached hydrogens (tertiary/aromatic N) is 3. The number of hydrogen-bond donors (Lipinski definition) is 0. The second-order valence-corrected chi connectivity index (χ2v) is 10.8. The van der Waals surface area contributed by atoms with Gasteiger partial charge in [0.05, 0.1) is 24.0 Å². The highest BCUT2D eigenvalue weighted by molar-refractivity contribution is 7.92. The van der Waals surface area contributed by atoms with Crippen LogP contribution in [0.5, 0.6) is 0 Å². The third-order valence-corrected chi connectivity index (χ3v) is 9.04. The zero-order chi connectivity index (χ0) is 19.8. The number of piperazine rings is 1. The first-order chi connectivity index (χ1) is 13.3. The Morgan fingerprint density at radius 1 is 1.04 bits per heavy atom. The van der Waals surface area contributed by atoms with Crippen LogP contribution in [0.25, 0.3) is 10.8 Å². The highest BCUT2D eigenvalue weighted by atomic mass is 32.2. The lowest BCUT2D eigenvalue weighted by Crippen LogP contribution is -2.63. The Balaban J connectivity index is 1.67. The third-order valence-electron chi connectivity index (χ3n) is 6.45. The zero-order valence-electron chi connectivity index (χ0n) is 15.8. The molecule has 2 aromatic carbocycles. The van der Waals surface area contributed by atoms with Crippen molar-refractivity contribution in [3.05, 3.63) is 42.5 Å². The number of quaternary nitrogens is 1. The molecule has 0 N–H and O–H groups in total. The van der Waals surface area contributed by atoms with Gasteiger partial charge in [0.2, 0.25) is 15.2 Å². The lowest BCUT2D eigenvalue weighted by atomic mass is 10.1. The predicted molar refractivity (Wildman–Crippen MR) is 105 cm³/mol. The van der Waals surface area contributed by atoms with Crippen molar-refractivity contribution in [3.63, 3.8) is 0 Å². The molecular weight excluding hydrogens is 378 g/mol. The Hall–Kier alpha value is -2.29. The van der Waals surface area contributed by atoms with Gasteiger partial charge in [-0.25, -0.2) is 18.1 Å². The Bertz CT molecular complexity index is 1120. The maximum atomic E-state index is 13.7. The maximum absolute atomic E-state index is 13.7. The average molecular weight is 400 g/mol. The molecule has 3 amide bonds. The molecular formula is C20H22N3O4S+. The van der Waals surface area contributed by atoms with Gasteiger partial charge in [-0.15, -0.1) is 0 Å². The lowest BCUT2D eigenvalue weighted by Gasteiger charge is -2.34. The molecule has 146 valence electrons. The minimum absolute atomic E-state index is 0.285. The fourth-order valence-corrected chi connectivity index (χ4v) is 6.87. The number of carbonyl (C=O) groups is 2. The van der Waals surface area contributed by atoms with E-state index < -0.39 is 32.5 Å². The first-order valence-electron chi connectivity index (χ1n) is 9.47. The third kappa shape index (κ3) is 2.02. The molecule has 28 heavy (non-hydrogen) atoms. The molecule has 5 rings (SSSR count). The molecule has 3 aliphatic heterocycles. The van der Waals surface area contributed by atoms with Crippen molar-refractivity contribution in [1.29, 1.82) is 0 Å². The first-order valence-corrected chi connectivity index (χ1v) is 11.1. The van der Waals surface area contributed by atoms with Gasteiger partial charge >= 0.3 is 6.03 Å². The Morgan fingerprint density at radius 2 is 1.75 bits per heavy atom. The molecule has 8 heteroatoms. The van der Waals surface area contributed by atoms with Gasteiger partial charge in [0.25, 0.3) is 5.91 Å². The van der Waals surface area contributed by atoms with Crippen LogP contribution >= 0.6 is 0 Å². The minimum atomic E-state index is -3.54. The average Bonchev–Trinajstić information content (AvgIpc) is 3.30. The fraction of sp³-hybridized carbons (Fsp3) is 0.400. The number of imide groups is 1. The Kier molecular flexibility index (Phi) is 3.57. The summed E-state index contributed by atoms with van der Waals surface area (Å²) in [5.41, 5.74) is 0.536. The van der Waals surface area contributed by atoms with E-state index in [1.54, 1.807) is 19.9 Å². The van der Waals surface area contributed by atoms with Crippen molar-refractivity contribution in [2.24, 2.45) is 0 Å². The summed E-state index contributed by atoms with van der Waals surface area (Å²) in [5.74, 6) is -0.299. The van der Waals surface area contributed by atoms with Gasteiger partial charge in [0, 0.05) is 5.39 Å². The van der Waals surface area contributed by atoms with Crippen LogP contribution in [0.4, 0.5) is 10.5 Å². The second-order valence-electron chi connectivity index (χ2n) is 8.17. The molecule has 3 saturated heterocycles. The number of carbonyl (C=O) groups excluding carboxylic acids is 2. The summed E-state index contributed by atoms with van der Waals surface area (Å²) in [6, 6.07) is 12.0. The monoisotopic (exact) mass is 400 g/mol. The normalized spacial score (nSPS) is 32.0. The van der Waals surface area contributed by atoms with Crippen molar-refractivity contribution in [2.75, 3.05) is 24.7 Å². The molecule has 2 aromatic rings. The topological polar surface area (TPSA) is 74.8 Å². The molecule has 3 fully saturated rings. The number of anilines is 1. The molecule has 0 aromatic heterocycles. The summed E-state index contributed by atoms with van der Waals surface area (Å²) in [6.45, 7) is 4.29. The van der Waals surface area contributed by atoms with E-state index in [1.165, 1.54) is 4.90 Å². The second kappa shape index (κ2) is 5.62. The van der Waals surface area contributed by atoms with Crippen LogP contribution in [0.3, 0.4) is 0 Å². The van der Waals surface area contributed by atoms with Gasteiger partial charge in [0.15, 0.2) is 6.04 Å². The standard InChI is InChI=1S/C20H22N3O4S/c1-13(2)28(26,27)18-11-21-10-17-19(24)22(20(25)23(17,18)12-21)16-9-5-7-14-6-3-4-8-15(14)16/h3-9,13,17-18H,10-12H2,1-2H3/q+1. The van der Waals surface area contributed by atoms with Crippen LogP contribution in [0.15, 0.2) is 42.5 Å². The van der Waals surface area contributed by atoms with Crippen molar-refractivity contribution in [1.82, 2.24) is 4.90 Å². The SMILES string of the molecule is CC(C)S(=O)(=O)C1CN2CC3C(=O)N(c4cccc5ccccc45)C(=O)[N+]31C2. The maximum Gasteiger partial charge on any atom is 0.433 e. The smallest absolute Gasteiger partial charge is 0.267 e. The number of benzene rings is 2. The summed E-state index contributed by atoms with van der Waals surface area (Å²) >= 11 is 0. The van der Waals surface area contributed by atoms with Gasteiger partial charge in [0.1, 0.15) is 6.67 Å². The fourth-order valence-electron chi connectivity index (χ4n) is 5.00. The largest absolute Gasteiger partial charge is 0.433 e. The van der Waals surface area contributed by atoms with Crippen LogP contribution < -0.4 is 4.90 Å². The molecule has 7 nitrogen and oxygen atoms in total. The molecule has 1 spiro atoms. The molecule has 0 saturated carbocycles. The number of amides is 3. The van der Waals surface area contributed by atoms with Gasteiger partial charge in [-0.2, -0.15) is 9.38 Å². The van der Waals surface area contributed by atoms with Gasteiger partial charge in [-0.05, 0) is 25.3 Å². The molecule has 2 bridgehead atoms. The zero-order valence-corrected chi connectivity index (χ0v) is 16.6. The van der Waals surface area contributed by atoms with E-state index in [1.807, 2.05) is 41.3 Å². The van der Waals surface area contributed by atoms with E-state index in [9.17, 15) is 18.0 Å². The molecule has 0 aliphatic carbocycles. The Labute approximate surface area is 163 Å². The van der Waals surface area contributed by atoms with E-state index in [0.717, 1.165) is 10.8 Å². The van der Waals surface area contributed by atoms with E-state index in [2.05, 4.69) is 0 Å². The van der Waals surface area contributed by atoms with Crippen molar-refractivity contribution >= 4 is 38.2 Å². The summed E-state index contributed by atoms with van der Waals surface area (Å²) in [6.07, 6.45) is 0. The molecule has 3 heterocycles. The van der Waals surface area contributed by atoms with E-state index in [-0.39, 0.29) is 17.1 Å². The summed E-state index contributed by atoms with van der Waals surface area (Å²) in [7, 11) is -3.54. The van der Waals surface area contributed by atoms with Crippen molar-refractivity contribution in [3.8, 4) is 0 Å². The number of hydrogen-bond acceptors (Lipinski definition) is 5. The predicted octanol–water partition coefficient (Wildman–Crippen LogP) is 1.93. The number of urea groups is 1. The van der Waals surface area contributed by atoms with Crippen LogP contribution in [0.2, 0.25) is 0 Å². The van der Waals surface area contributed by atoms with Crippen molar-refractivity contribution < 1.29 is 22.5 Å². The molecule has 0 radical (unpaired) electrons. The Morgan fingerprint density at radius 3 is 2.50 bits per heavy atom. The summed E-state index contributed by atoms with van der Waals surface area (Å²) in [4.78, 5) is 30.2. The summed E-state index contributed by atoms with van der Waals surface area (Å²) in [5, 5.41) is 0.260. The van der Waals surface area contributed by atoms with Gasteiger partial charge in [-0.1, -0.05) is 36.4 Å². The van der Waals surface area contributed by atoms with Gasteiger partial charge in [-0.3, -0.25) is 4.79 Å². The van der Waals surface area contributed by atoms with E-state index in [0.29, 0.717) is 18.8 Å². The lowest BCUT2D eigenvalue weighted by molar-refractivity contribution is -0.848. The van der Waals surface area contributed by atoms with Gasteiger partial charge < -0.3 is 0 Å². The molecule has 4 atom stereocenters. The van der Waals surface area contributed by atoms with Crippen LogP contribution in [0.1, 0.15) is 13.8 Å². The summed E-state index contributed by atoms with van der Waals surface area (Å²) < 4.78 is 25.8. The highest BCUT2D eigenvalue weighted by Gasteiger charge is 2.74. The number of sulfone groups is 1. The first kappa shape index (κ1) is 17.8. The molecule has 4 unspecified atom stereocenters. The van der Waals surface area contributed by atoms with Crippen LogP contribution in [0, 0.1) is 0 Å². The number of fused-ring (bicyclic) bond motifs is 2. The van der Waals surface area contributed by atoms with Crippen molar-refractivity contribution in [2.45, 2.75) is 30.5 Å². The number of rotatable bonds is 3. The van der Waals surface area contributed by atoms with Crippen LogP contribution in [-0.4, -0.2) is 66.2 Å². The highest BCUT2D eigenvalue weighted by Crippen LogP contribution is 2.46. The van der Waals surface area contributed by atoms with E-state index >= 15 is 0 Å². The van der Waals surface area contributed by atoms with Crippen LogP contribution in [-0.2, 0) is 14.6 Å². The quantitative estimate of drug-likeness (QED) is 0.581. The van der Waals surface area contributed by atoms with E-state index in [4.69, 9.17) is 0 Å². The minimum Gasteiger partial charge on any atom is -0.267 e. The molecule has 3 aliphatic rings.